The molecule has 3 rings (SSSR count). The van der Waals surface area contributed by atoms with Gasteiger partial charge in [-0.05, 0) is 61.7 Å². The molecular formula is C21H24N2O3. The van der Waals surface area contributed by atoms with E-state index in [-0.39, 0.29) is 24.5 Å². The summed E-state index contributed by atoms with van der Waals surface area (Å²) in [6.45, 7) is 3.17. The number of anilines is 2. The first-order chi connectivity index (χ1) is 12.6. The maximum Gasteiger partial charge on any atom is 0.227 e. The summed E-state index contributed by atoms with van der Waals surface area (Å²) in [4.78, 5) is 26.8. The van der Waals surface area contributed by atoms with Gasteiger partial charge in [-0.2, -0.15) is 0 Å². The molecule has 1 heterocycles. The lowest BCUT2D eigenvalue weighted by Crippen LogP contribution is -2.35. The van der Waals surface area contributed by atoms with E-state index in [2.05, 4.69) is 0 Å². The van der Waals surface area contributed by atoms with Gasteiger partial charge in [-0.25, -0.2) is 0 Å². The zero-order chi connectivity index (χ0) is 18.5. The highest BCUT2D eigenvalue weighted by Gasteiger charge is 2.24. The molecule has 0 bridgehead atoms. The zero-order valence-electron chi connectivity index (χ0n) is 15.0. The van der Waals surface area contributed by atoms with E-state index in [0.29, 0.717) is 18.7 Å². The normalized spacial score (nSPS) is 13.2. The number of fused-ring (bicyclic) bond motifs is 1. The van der Waals surface area contributed by atoms with Crippen molar-refractivity contribution in [2.24, 2.45) is 0 Å². The first-order valence-electron chi connectivity index (χ1n) is 9.04. The van der Waals surface area contributed by atoms with Crippen LogP contribution in [-0.4, -0.2) is 24.8 Å². The maximum absolute atomic E-state index is 12.7. The van der Waals surface area contributed by atoms with E-state index in [1.807, 2.05) is 25.1 Å². The number of hydrogen-bond donors (Lipinski definition) is 1. The second-order valence-electron chi connectivity index (χ2n) is 6.37. The minimum atomic E-state index is -0.0359. The Morgan fingerprint density at radius 1 is 1.12 bits per heavy atom. The van der Waals surface area contributed by atoms with Crippen LogP contribution in [0.4, 0.5) is 11.4 Å². The summed E-state index contributed by atoms with van der Waals surface area (Å²) in [5.41, 5.74) is 9.28. The number of hydrogen-bond acceptors (Lipinski definition) is 4. The molecule has 1 aliphatic rings. The van der Waals surface area contributed by atoms with Crippen LogP contribution in [0.25, 0.3) is 0 Å². The van der Waals surface area contributed by atoms with Crippen molar-refractivity contribution >= 4 is 23.1 Å². The van der Waals surface area contributed by atoms with Crippen molar-refractivity contribution in [3.8, 4) is 5.75 Å². The maximum atomic E-state index is 12.7. The van der Waals surface area contributed by atoms with Crippen LogP contribution in [0.3, 0.4) is 0 Å². The number of nitrogens with two attached hydrogens (primary N) is 1. The molecule has 0 radical (unpaired) electrons. The number of ketones is 1. The number of rotatable bonds is 6. The van der Waals surface area contributed by atoms with Crippen molar-refractivity contribution in [2.45, 2.75) is 32.6 Å². The molecule has 0 spiro atoms. The van der Waals surface area contributed by atoms with E-state index in [1.165, 1.54) is 0 Å². The summed E-state index contributed by atoms with van der Waals surface area (Å²) in [6.07, 6.45) is 2.16. The van der Waals surface area contributed by atoms with E-state index in [0.717, 1.165) is 35.5 Å². The predicted octanol–water partition coefficient (Wildman–Crippen LogP) is 3.61. The number of Topliss-reactive ketones (excluding diaryl/α,β-unsaturated/α-hetero) is 1. The van der Waals surface area contributed by atoms with E-state index >= 15 is 0 Å². The summed E-state index contributed by atoms with van der Waals surface area (Å²) in [5.74, 6) is 0.671. The third kappa shape index (κ3) is 3.87. The fraction of sp³-hybridized carbons (Fsp3) is 0.333. The average Bonchev–Trinajstić information content (AvgIpc) is 2.66. The number of nitrogen functional groups attached to an aromatic ring is 1. The highest BCUT2D eigenvalue weighted by atomic mass is 16.5. The molecular weight excluding hydrogens is 328 g/mol. The third-order valence-corrected chi connectivity index (χ3v) is 4.64. The third-order valence-electron chi connectivity index (χ3n) is 4.64. The van der Waals surface area contributed by atoms with Crippen LogP contribution in [0.5, 0.6) is 5.75 Å². The van der Waals surface area contributed by atoms with Crippen LogP contribution in [-0.2, 0) is 11.2 Å². The van der Waals surface area contributed by atoms with Crippen molar-refractivity contribution in [1.29, 1.82) is 0 Å². The number of nitrogens with zero attached hydrogens (tertiary/aromatic N) is 1. The molecule has 5 nitrogen and oxygen atoms in total. The van der Waals surface area contributed by atoms with Gasteiger partial charge in [0.25, 0.3) is 0 Å². The first-order valence-corrected chi connectivity index (χ1v) is 9.04. The van der Waals surface area contributed by atoms with Crippen LogP contribution in [0.1, 0.15) is 42.1 Å². The van der Waals surface area contributed by atoms with Crippen molar-refractivity contribution in [2.75, 3.05) is 23.8 Å². The Kier molecular flexibility index (Phi) is 5.56. The Morgan fingerprint density at radius 2 is 1.88 bits per heavy atom. The molecule has 0 fully saturated rings. The number of carbonyl (C=O) groups is 2. The number of amides is 1. The Labute approximate surface area is 153 Å². The lowest BCUT2D eigenvalue weighted by Gasteiger charge is -2.30. The minimum Gasteiger partial charge on any atom is -0.494 e. The molecule has 0 atom stereocenters. The molecule has 136 valence electrons. The Hall–Kier alpha value is -2.82. The molecule has 0 saturated carbocycles. The Balaban J connectivity index is 1.63. The summed E-state index contributed by atoms with van der Waals surface area (Å²) in [5, 5.41) is 0. The highest BCUT2D eigenvalue weighted by molar-refractivity contribution is 6.01. The zero-order valence-corrected chi connectivity index (χ0v) is 15.0. The van der Waals surface area contributed by atoms with Gasteiger partial charge in [-0.3, -0.25) is 9.59 Å². The second-order valence-corrected chi connectivity index (χ2v) is 6.37. The first kappa shape index (κ1) is 18.0. The van der Waals surface area contributed by atoms with Crippen LogP contribution >= 0.6 is 0 Å². The quantitative estimate of drug-likeness (QED) is 0.637. The molecule has 0 aromatic heterocycles. The largest absolute Gasteiger partial charge is 0.494 e. The monoisotopic (exact) mass is 352 g/mol. The minimum absolute atomic E-state index is 0.0316. The molecule has 1 aliphatic heterocycles. The van der Waals surface area contributed by atoms with E-state index in [4.69, 9.17) is 10.5 Å². The predicted molar refractivity (Wildman–Crippen MR) is 103 cm³/mol. The van der Waals surface area contributed by atoms with Gasteiger partial charge in [-0.1, -0.05) is 6.07 Å². The summed E-state index contributed by atoms with van der Waals surface area (Å²) in [6, 6.07) is 12.7. The van der Waals surface area contributed by atoms with Gasteiger partial charge in [0, 0.05) is 36.3 Å². The van der Waals surface area contributed by atoms with E-state index in [9.17, 15) is 9.59 Å². The van der Waals surface area contributed by atoms with Gasteiger partial charge in [0.2, 0.25) is 5.91 Å². The fourth-order valence-electron chi connectivity index (χ4n) is 3.31. The SMILES string of the molecule is CCOc1ccc(C(=O)CCC(=O)N2CCCc3c(N)cccc32)cc1. The van der Waals surface area contributed by atoms with Gasteiger partial charge < -0.3 is 15.4 Å². The van der Waals surface area contributed by atoms with Crippen molar-refractivity contribution in [1.82, 2.24) is 0 Å². The molecule has 2 aromatic rings. The average molecular weight is 352 g/mol. The molecule has 2 N–H and O–H groups in total. The van der Waals surface area contributed by atoms with Crippen LogP contribution in [0, 0.1) is 0 Å². The second kappa shape index (κ2) is 8.04. The van der Waals surface area contributed by atoms with E-state index < -0.39 is 0 Å². The Morgan fingerprint density at radius 3 is 2.62 bits per heavy atom. The van der Waals surface area contributed by atoms with Crippen LogP contribution in [0.2, 0.25) is 0 Å². The van der Waals surface area contributed by atoms with Gasteiger partial charge in [0.05, 0.1) is 6.61 Å². The molecule has 5 heteroatoms. The summed E-state index contributed by atoms with van der Waals surface area (Å²) in [7, 11) is 0. The van der Waals surface area contributed by atoms with Crippen molar-refractivity contribution in [3.63, 3.8) is 0 Å². The molecule has 1 amide bonds. The fourth-order valence-corrected chi connectivity index (χ4v) is 3.31. The number of carbonyl (C=O) groups excluding carboxylic acids is 2. The molecule has 26 heavy (non-hydrogen) atoms. The van der Waals surface area contributed by atoms with Gasteiger partial charge in [-0.15, -0.1) is 0 Å². The highest BCUT2D eigenvalue weighted by Crippen LogP contribution is 2.31. The van der Waals surface area contributed by atoms with Crippen molar-refractivity contribution < 1.29 is 14.3 Å². The van der Waals surface area contributed by atoms with Gasteiger partial charge in [0.1, 0.15) is 5.75 Å². The molecule has 0 saturated heterocycles. The lowest BCUT2D eigenvalue weighted by molar-refractivity contribution is -0.118. The topological polar surface area (TPSA) is 72.6 Å². The number of benzene rings is 2. The molecule has 2 aromatic carbocycles. The Bertz CT molecular complexity index is 799. The summed E-state index contributed by atoms with van der Waals surface area (Å²) >= 11 is 0. The van der Waals surface area contributed by atoms with Gasteiger partial charge in [0.15, 0.2) is 5.78 Å². The standard InChI is InChI=1S/C21H24N2O3/c1-2-26-16-10-8-15(9-11-16)20(24)12-13-21(25)23-14-4-5-17-18(22)6-3-7-19(17)23/h3,6-11H,2,4-5,12-14,22H2,1H3. The van der Waals surface area contributed by atoms with Gasteiger partial charge >= 0.3 is 0 Å². The summed E-state index contributed by atoms with van der Waals surface area (Å²) < 4.78 is 5.38. The van der Waals surface area contributed by atoms with E-state index in [1.54, 1.807) is 29.2 Å². The number of ether oxygens (including phenoxy) is 1. The van der Waals surface area contributed by atoms with Crippen LogP contribution < -0.4 is 15.4 Å². The van der Waals surface area contributed by atoms with Crippen LogP contribution in [0.15, 0.2) is 42.5 Å². The smallest absolute Gasteiger partial charge is 0.227 e. The molecule has 0 unspecified atom stereocenters. The molecule has 0 aliphatic carbocycles. The van der Waals surface area contributed by atoms with Crippen molar-refractivity contribution in [3.05, 3.63) is 53.6 Å². The lowest BCUT2D eigenvalue weighted by atomic mass is 9.99.